The van der Waals surface area contributed by atoms with Crippen molar-refractivity contribution < 1.29 is 9.32 Å². The van der Waals surface area contributed by atoms with Crippen LogP contribution in [0.4, 0.5) is 0 Å². The predicted octanol–water partition coefficient (Wildman–Crippen LogP) is 1.88. The minimum atomic E-state index is -0.0688. The third kappa shape index (κ3) is 3.22. The Bertz CT molecular complexity index is 931. The Kier molecular flexibility index (Phi) is 4.24. The van der Waals surface area contributed by atoms with Crippen molar-refractivity contribution in [3.05, 3.63) is 48.0 Å². The highest BCUT2D eigenvalue weighted by atomic mass is 16.5. The molecule has 134 valence electrons. The van der Waals surface area contributed by atoms with Crippen molar-refractivity contribution in [2.75, 3.05) is 13.1 Å². The van der Waals surface area contributed by atoms with E-state index in [4.69, 9.17) is 4.52 Å². The van der Waals surface area contributed by atoms with Crippen LogP contribution < -0.4 is 0 Å². The summed E-state index contributed by atoms with van der Waals surface area (Å²) in [5.74, 6) is 1.77. The SMILES string of the molecule is Cc1cc(C(=O)N2CC[C@H](Cc3cc(-c4nccn4C)ncn3)C2)no1. The summed E-state index contributed by atoms with van der Waals surface area (Å²) >= 11 is 0. The first-order valence-corrected chi connectivity index (χ1v) is 8.61. The van der Waals surface area contributed by atoms with E-state index in [0.717, 1.165) is 36.6 Å². The molecule has 0 spiro atoms. The number of rotatable bonds is 4. The fraction of sp³-hybridized carbons (Fsp3) is 0.389. The molecule has 1 aliphatic heterocycles. The van der Waals surface area contributed by atoms with Crippen molar-refractivity contribution in [1.82, 2.24) is 29.6 Å². The van der Waals surface area contributed by atoms with Crippen LogP contribution in [0.3, 0.4) is 0 Å². The van der Waals surface area contributed by atoms with Crippen molar-refractivity contribution in [3.63, 3.8) is 0 Å². The van der Waals surface area contributed by atoms with Crippen LogP contribution in [-0.4, -0.2) is 48.6 Å². The number of aryl methyl sites for hydroxylation is 2. The number of likely N-dealkylation sites (tertiary alicyclic amines) is 1. The van der Waals surface area contributed by atoms with Gasteiger partial charge in [0.1, 0.15) is 17.8 Å². The van der Waals surface area contributed by atoms with E-state index in [0.29, 0.717) is 23.9 Å². The van der Waals surface area contributed by atoms with Crippen LogP contribution in [0.15, 0.2) is 35.4 Å². The summed E-state index contributed by atoms with van der Waals surface area (Å²) in [7, 11) is 1.94. The van der Waals surface area contributed by atoms with Gasteiger partial charge in [0, 0.05) is 44.3 Å². The Morgan fingerprint density at radius 2 is 2.19 bits per heavy atom. The van der Waals surface area contributed by atoms with Crippen LogP contribution in [0, 0.1) is 12.8 Å². The molecule has 0 saturated carbocycles. The molecule has 0 radical (unpaired) electrons. The average molecular weight is 352 g/mol. The van der Waals surface area contributed by atoms with Crippen LogP contribution in [0.2, 0.25) is 0 Å². The molecule has 0 aliphatic carbocycles. The van der Waals surface area contributed by atoms with Crippen LogP contribution in [0.5, 0.6) is 0 Å². The number of nitrogens with zero attached hydrogens (tertiary/aromatic N) is 6. The third-order valence-electron chi connectivity index (χ3n) is 4.69. The van der Waals surface area contributed by atoms with Gasteiger partial charge in [-0.25, -0.2) is 15.0 Å². The van der Waals surface area contributed by atoms with E-state index in [1.807, 2.05) is 28.8 Å². The van der Waals surface area contributed by atoms with Gasteiger partial charge in [0.05, 0.1) is 0 Å². The summed E-state index contributed by atoms with van der Waals surface area (Å²) in [6.07, 6.45) is 6.98. The maximum Gasteiger partial charge on any atom is 0.276 e. The van der Waals surface area contributed by atoms with Crippen LogP contribution in [0.1, 0.15) is 28.4 Å². The zero-order valence-corrected chi connectivity index (χ0v) is 14.8. The summed E-state index contributed by atoms with van der Waals surface area (Å²) in [6.45, 7) is 3.21. The number of aromatic nitrogens is 5. The number of hydrogen-bond donors (Lipinski definition) is 0. The molecule has 1 fully saturated rings. The Balaban J connectivity index is 1.43. The molecule has 1 saturated heterocycles. The van der Waals surface area contributed by atoms with Gasteiger partial charge in [-0.3, -0.25) is 4.79 Å². The highest BCUT2D eigenvalue weighted by Gasteiger charge is 2.29. The topological polar surface area (TPSA) is 89.9 Å². The minimum Gasteiger partial charge on any atom is -0.361 e. The number of carbonyl (C=O) groups is 1. The van der Waals surface area contributed by atoms with Gasteiger partial charge in [0.2, 0.25) is 0 Å². The summed E-state index contributed by atoms with van der Waals surface area (Å²) in [5.41, 5.74) is 2.16. The van der Waals surface area contributed by atoms with Crippen molar-refractivity contribution in [1.29, 1.82) is 0 Å². The lowest BCUT2D eigenvalue weighted by Gasteiger charge is -2.14. The third-order valence-corrected chi connectivity index (χ3v) is 4.69. The maximum atomic E-state index is 12.5. The van der Waals surface area contributed by atoms with Crippen molar-refractivity contribution >= 4 is 5.91 Å². The minimum absolute atomic E-state index is 0.0688. The summed E-state index contributed by atoms with van der Waals surface area (Å²) in [5, 5.41) is 3.82. The highest BCUT2D eigenvalue weighted by molar-refractivity contribution is 5.92. The monoisotopic (exact) mass is 352 g/mol. The Morgan fingerprint density at radius 3 is 2.92 bits per heavy atom. The Morgan fingerprint density at radius 1 is 1.31 bits per heavy atom. The summed E-state index contributed by atoms with van der Waals surface area (Å²) < 4.78 is 6.94. The molecule has 4 rings (SSSR count). The van der Waals surface area contributed by atoms with Gasteiger partial charge in [0.25, 0.3) is 5.91 Å². The van der Waals surface area contributed by atoms with E-state index < -0.39 is 0 Å². The first-order chi connectivity index (χ1) is 12.6. The summed E-state index contributed by atoms with van der Waals surface area (Å²) in [6, 6.07) is 3.66. The van der Waals surface area contributed by atoms with Crippen LogP contribution in [-0.2, 0) is 13.5 Å². The zero-order chi connectivity index (χ0) is 18.1. The fourth-order valence-corrected chi connectivity index (χ4v) is 3.35. The first kappa shape index (κ1) is 16.4. The van der Waals surface area contributed by atoms with Gasteiger partial charge in [-0.05, 0) is 31.7 Å². The van der Waals surface area contributed by atoms with E-state index in [1.54, 1.807) is 25.5 Å². The smallest absolute Gasteiger partial charge is 0.276 e. The van der Waals surface area contributed by atoms with Crippen LogP contribution >= 0.6 is 0 Å². The fourth-order valence-electron chi connectivity index (χ4n) is 3.35. The first-order valence-electron chi connectivity index (χ1n) is 8.61. The van der Waals surface area contributed by atoms with Crippen molar-refractivity contribution in [2.45, 2.75) is 19.8 Å². The Labute approximate surface area is 150 Å². The molecule has 4 heterocycles. The Hall–Kier alpha value is -3.03. The number of hydrogen-bond acceptors (Lipinski definition) is 6. The molecule has 3 aromatic rings. The molecule has 0 N–H and O–H groups in total. The molecule has 1 amide bonds. The standard InChI is InChI=1S/C18H20N6O2/c1-12-7-16(22-26-12)18(25)24-5-3-13(10-24)8-14-9-15(21-11-20-14)17-19-4-6-23(17)2/h4,6-7,9,11,13H,3,5,8,10H2,1-2H3/t13-/m1/s1. The second-order valence-electron chi connectivity index (χ2n) is 6.69. The van der Waals surface area contributed by atoms with Gasteiger partial charge in [-0.1, -0.05) is 5.16 Å². The number of amides is 1. The van der Waals surface area contributed by atoms with E-state index in [9.17, 15) is 4.79 Å². The van der Waals surface area contributed by atoms with Gasteiger partial charge in [0.15, 0.2) is 11.5 Å². The quantitative estimate of drug-likeness (QED) is 0.712. The molecule has 1 aliphatic rings. The molecule has 3 aromatic heterocycles. The van der Waals surface area contributed by atoms with E-state index in [1.165, 1.54) is 0 Å². The predicted molar refractivity (Wildman–Crippen MR) is 93.2 cm³/mol. The highest BCUT2D eigenvalue weighted by Crippen LogP contribution is 2.23. The van der Waals surface area contributed by atoms with Crippen molar-refractivity contribution in [3.8, 4) is 11.5 Å². The molecule has 0 unspecified atom stereocenters. The molecule has 8 heteroatoms. The molecular weight excluding hydrogens is 332 g/mol. The van der Waals surface area contributed by atoms with E-state index in [2.05, 4.69) is 20.1 Å². The van der Waals surface area contributed by atoms with E-state index >= 15 is 0 Å². The largest absolute Gasteiger partial charge is 0.361 e. The van der Waals surface area contributed by atoms with Crippen molar-refractivity contribution in [2.24, 2.45) is 13.0 Å². The zero-order valence-electron chi connectivity index (χ0n) is 14.8. The molecule has 0 bridgehead atoms. The average Bonchev–Trinajstić information content (AvgIpc) is 3.36. The van der Waals surface area contributed by atoms with Gasteiger partial charge >= 0.3 is 0 Å². The maximum absolute atomic E-state index is 12.5. The normalized spacial score (nSPS) is 17.0. The second kappa shape index (κ2) is 6.70. The molecule has 26 heavy (non-hydrogen) atoms. The molecule has 0 aromatic carbocycles. The van der Waals surface area contributed by atoms with Gasteiger partial charge in [-0.2, -0.15) is 0 Å². The van der Waals surface area contributed by atoms with Crippen LogP contribution in [0.25, 0.3) is 11.5 Å². The number of carbonyl (C=O) groups excluding carboxylic acids is 1. The lowest BCUT2D eigenvalue weighted by Crippen LogP contribution is -2.29. The van der Waals surface area contributed by atoms with Gasteiger partial charge in [-0.15, -0.1) is 0 Å². The number of imidazole rings is 1. The van der Waals surface area contributed by atoms with E-state index in [-0.39, 0.29) is 5.91 Å². The lowest BCUT2D eigenvalue weighted by molar-refractivity contribution is 0.0776. The van der Waals surface area contributed by atoms with Gasteiger partial charge < -0.3 is 14.0 Å². The molecule has 8 nitrogen and oxygen atoms in total. The lowest BCUT2D eigenvalue weighted by atomic mass is 10.0. The second-order valence-corrected chi connectivity index (χ2v) is 6.69. The summed E-state index contributed by atoms with van der Waals surface area (Å²) in [4.78, 5) is 27.4. The molecule has 1 atom stereocenters. The molecular formula is C18H20N6O2.